The first-order valence-corrected chi connectivity index (χ1v) is 12.6. The molecule has 170 valence electrons. The van der Waals surface area contributed by atoms with Crippen LogP contribution in [0.25, 0.3) is 82.2 Å². The molecular weight excluding hydrogens is 450 g/mol. The predicted octanol–water partition coefficient (Wildman–Crippen LogP) is 8.73. The maximum atomic E-state index is 5.26. The lowest BCUT2D eigenvalue weighted by Gasteiger charge is -2.14. The third kappa shape index (κ3) is 2.41. The van der Waals surface area contributed by atoms with Crippen LogP contribution in [0.1, 0.15) is 0 Å². The highest BCUT2D eigenvalue weighted by Gasteiger charge is 2.24. The van der Waals surface area contributed by atoms with Crippen molar-refractivity contribution in [1.82, 2.24) is 14.5 Å². The van der Waals surface area contributed by atoms with Crippen molar-refractivity contribution in [2.24, 2.45) is 0 Å². The van der Waals surface area contributed by atoms with Gasteiger partial charge in [0, 0.05) is 21.7 Å². The lowest BCUT2D eigenvalue weighted by molar-refractivity contribution is 1.08. The van der Waals surface area contributed by atoms with Crippen molar-refractivity contribution in [1.29, 1.82) is 0 Å². The van der Waals surface area contributed by atoms with Crippen LogP contribution in [0.5, 0.6) is 0 Å². The van der Waals surface area contributed by atoms with Crippen LogP contribution < -0.4 is 0 Å². The summed E-state index contributed by atoms with van der Waals surface area (Å²) >= 11 is 0. The molecule has 0 saturated heterocycles. The van der Waals surface area contributed by atoms with Gasteiger partial charge >= 0.3 is 0 Å². The Morgan fingerprint density at radius 2 is 1.08 bits per heavy atom. The minimum atomic E-state index is 0.861. The van der Waals surface area contributed by atoms with E-state index < -0.39 is 0 Å². The Bertz CT molecular complexity index is 2290. The Morgan fingerprint density at radius 1 is 0.432 bits per heavy atom. The first-order chi connectivity index (χ1) is 18.4. The van der Waals surface area contributed by atoms with E-state index in [1.807, 2.05) is 30.3 Å². The third-order valence-corrected chi connectivity index (χ3v) is 7.88. The smallest absolute Gasteiger partial charge is 0.165 e. The number of benzene rings is 7. The molecule has 0 radical (unpaired) electrons. The normalized spacial score (nSPS) is 12.3. The van der Waals surface area contributed by atoms with E-state index in [-0.39, 0.29) is 0 Å². The van der Waals surface area contributed by atoms with Gasteiger partial charge in [-0.05, 0) is 51.2 Å². The largest absolute Gasteiger partial charge is 0.292 e. The highest BCUT2D eigenvalue weighted by molar-refractivity contribution is 6.40. The number of nitrogens with zero attached hydrogens (tertiary/aromatic N) is 3. The zero-order chi connectivity index (χ0) is 24.1. The van der Waals surface area contributed by atoms with E-state index in [4.69, 9.17) is 9.97 Å². The monoisotopic (exact) mass is 469 g/mol. The van der Waals surface area contributed by atoms with E-state index in [1.165, 1.54) is 48.6 Å². The van der Waals surface area contributed by atoms with Gasteiger partial charge in [-0.3, -0.25) is 4.57 Å². The molecule has 7 aromatic carbocycles. The van der Waals surface area contributed by atoms with Gasteiger partial charge < -0.3 is 0 Å². The number of para-hydroxylation sites is 2. The summed E-state index contributed by atoms with van der Waals surface area (Å²) in [4.78, 5) is 10.4. The zero-order valence-electron chi connectivity index (χ0n) is 19.8. The van der Waals surface area contributed by atoms with Gasteiger partial charge in [0.05, 0.1) is 22.1 Å². The van der Waals surface area contributed by atoms with Gasteiger partial charge in [-0.1, -0.05) is 91.0 Å². The number of rotatable bonds is 2. The molecule has 0 aliphatic carbocycles. The van der Waals surface area contributed by atoms with Crippen LogP contribution in [0.15, 0.2) is 115 Å². The molecule has 0 bridgehead atoms. The second-order valence-electron chi connectivity index (χ2n) is 9.81. The minimum Gasteiger partial charge on any atom is -0.292 e. The van der Waals surface area contributed by atoms with Crippen molar-refractivity contribution in [3.05, 3.63) is 115 Å². The van der Waals surface area contributed by atoms with E-state index in [9.17, 15) is 0 Å². The molecule has 3 nitrogen and oxygen atoms in total. The van der Waals surface area contributed by atoms with Crippen LogP contribution in [-0.4, -0.2) is 14.5 Å². The summed E-state index contributed by atoms with van der Waals surface area (Å²) < 4.78 is 2.33. The molecule has 0 atom stereocenters. The van der Waals surface area contributed by atoms with E-state index in [0.717, 1.165) is 33.6 Å². The summed E-state index contributed by atoms with van der Waals surface area (Å²) in [6.45, 7) is 0. The number of hydrogen-bond donors (Lipinski definition) is 0. The summed E-state index contributed by atoms with van der Waals surface area (Å²) in [5, 5.41) is 10.4. The number of fused-ring (bicyclic) bond motifs is 2. The molecule has 0 aliphatic rings. The molecular formula is C34H19N3. The second-order valence-corrected chi connectivity index (χ2v) is 9.81. The lowest BCUT2D eigenvalue weighted by atomic mass is 9.89. The molecule has 3 heteroatoms. The average molecular weight is 470 g/mol. The maximum Gasteiger partial charge on any atom is 0.165 e. The standard InChI is InChI=1S/C34H19N3/c1-2-8-22(9-3-1)33-34(36-26-14-5-4-13-25(26)35-33)37-27-15-7-12-24-23-11-6-10-20-16-17-21-18-19-28(37)32(31(24)27)30(21)29(20)23/h1-19H. The fraction of sp³-hybridized carbons (Fsp3) is 0. The van der Waals surface area contributed by atoms with Gasteiger partial charge in [-0.15, -0.1) is 0 Å². The van der Waals surface area contributed by atoms with E-state index in [0.29, 0.717) is 0 Å². The third-order valence-electron chi connectivity index (χ3n) is 7.88. The van der Waals surface area contributed by atoms with Crippen molar-refractivity contribution in [2.45, 2.75) is 0 Å². The minimum absolute atomic E-state index is 0.861. The molecule has 0 fully saturated rings. The first-order valence-electron chi connectivity index (χ1n) is 12.6. The van der Waals surface area contributed by atoms with Crippen molar-refractivity contribution in [2.75, 3.05) is 0 Å². The molecule has 0 unspecified atom stereocenters. The molecule has 9 rings (SSSR count). The second kappa shape index (κ2) is 6.80. The Kier molecular flexibility index (Phi) is 3.53. The van der Waals surface area contributed by atoms with Gasteiger partial charge in [-0.25, -0.2) is 9.97 Å². The predicted molar refractivity (Wildman–Crippen MR) is 154 cm³/mol. The van der Waals surface area contributed by atoms with Crippen molar-refractivity contribution < 1.29 is 0 Å². The molecule has 0 N–H and O–H groups in total. The molecule has 0 saturated carbocycles. The first kappa shape index (κ1) is 19.2. The van der Waals surface area contributed by atoms with Crippen LogP contribution in [-0.2, 0) is 0 Å². The fourth-order valence-corrected chi connectivity index (χ4v) is 6.36. The summed E-state index contributed by atoms with van der Waals surface area (Å²) in [6, 6.07) is 40.9. The van der Waals surface area contributed by atoms with E-state index >= 15 is 0 Å². The van der Waals surface area contributed by atoms with Crippen molar-refractivity contribution in [3.8, 4) is 17.1 Å². The molecule has 9 aromatic rings. The Morgan fingerprint density at radius 3 is 1.92 bits per heavy atom. The molecule has 0 aliphatic heterocycles. The summed E-state index contributed by atoms with van der Waals surface area (Å²) in [5.74, 6) is 0.861. The highest BCUT2D eigenvalue weighted by Crippen LogP contribution is 2.47. The average Bonchev–Trinajstić information content (AvgIpc) is 3.31. The van der Waals surface area contributed by atoms with Crippen LogP contribution in [0.4, 0.5) is 0 Å². The van der Waals surface area contributed by atoms with Crippen molar-refractivity contribution >= 4 is 65.2 Å². The summed E-state index contributed by atoms with van der Waals surface area (Å²) in [7, 11) is 0. The maximum absolute atomic E-state index is 5.26. The van der Waals surface area contributed by atoms with E-state index in [2.05, 4.69) is 89.5 Å². The van der Waals surface area contributed by atoms with Crippen LogP contribution in [0.2, 0.25) is 0 Å². The van der Waals surface area contributed by atoms with E-state index in [1.54, 1.807) is 0 Å². The molecule has 0 spiro atoms. The van der Waals surface area contributed by atoms with Crippen molar-refractivity contribution in [3.63, 3.8) is 0 Å². The Balaban J connectivity index is 1.55. The topological polar surface area (TPSA) is 30.7 Å². The van der Waals surface area contributed by atoms with Crippen LogP contribution in [0.3, 0.4) is 0 Å². The number of aromatic nitrogens is 3. The summed E-state index contributed by atoms with van der Waals surface area (Å²) in [5.41, 5.74) is 6.06. The molecule has 2 heterocycles. The number of hydrogen-bond acceptors (Lipinski definition) is 2. The summed E-state index contributed by atoms with van der Waals surface area (Å²) in [6.07, 6.45) is 0. The molecule has 37 heavy (non-hydrogen) atoms. The SMILES string of the molecule is c1ccc(-c2nc3ccccc3nc2-n2c3cccc4c5cccc6ccc7ccc2c(c7c65)c43)cc1. The molecule has 2 aromatic heterocycles. The van der Waals surface area contributed by atoms with Crippen LogP contribution in [0, 0.1) is 0 Å². The lowest BCUT2D eigenvalue weighted by Crippen LogP contribution is -2.03. The zero-order valence-corrected chi connectivity index (χ0v) is 19.8. The molecule has 0 amide bonds. The van der Waals surface area contributed by atoms with Gasteiger partial charge in [0.2, 0.25) is 0 Å². The van der Waals surface area contributed by atoms with Gasteiger partial charge in [0.15, 0.2) is 5.82 Å². The highest BCUT2D eigenvalue weighted by atomic mass is 15.1. The van der Waals surface area contributed by atoms with Gasteiger partial charge in [0.1, 0.15) is 5.69 Å². The van der Waals surface area contributed by atoms with Gasteiger partial charge in [0.25, 0.3) is 0 Å². The quantitative estimate of drug-likeness (QED) is 0.187. The van der Waals surface area contributed by atoms with Crippen LogP contribution >= 0.6 is 0 Å². The Hall–Kier alpha value is -5.02. The Labute approximate surface area is 211 Å². The van der Waals surface area contributed by atoms with Gasteiger partial charge in [-0.2, -0.15) is 0 Å². The fourth-order valence-electron chi connectivity index (χ4n) is 6.36.